The van der Waals surface area contributed by atoms with Crippen LogP contribution in [0, 0.1) is 0 Å². The van der Waals surface area contributed by atoms with Crippen LogP contribution >= 0.6 is 0 Å². The zero-order chi connectivity index (χ0) is 18.7. The standard InChI is InChI=1S/C19H25NO5S/c1-2-20(17-9-10-26(23,24)13-17)18(21)12-25-19(22)16-8-7-14-5-3-4-6-15(14)11-16/h7-8,11,17H,2-6,9-10,12-13H2,1H3/t17-/m0/s1. The van der Waals surface area contributed by atoms with Crippen LogP contribution in [0.2, 0.25) is 0 Å². The van der Waals surface area contributed by atoms with Gasteiger partial charge in [0, 0.05) is 12.6 Å². The summed E-state index contributed by atoms with van der Waals surface area (Å²) in [5, 5.41) is 0. The molecule has 0 spiro atoms. The Hall–Kier alpha value is -1.89. The number of esters is 1. The number of ether oxygens (including phenoxy) is 1. The van der Waals surface area contributed by atoms with Crippen LogP contribution < -0.4 is 0 Å². The smallest absolute Gasteiger partial charge is 0.338 e. The summed E-state index contributed by atoms with van der Waals surface area (Å²) in [7, 11) is -3.07. The molecule has 1 heterocycles. The van der Waals surface area contributed by atoms with E-state index in [1.54, 1.807) is 13.0 Å². The highest BCUT2D eigenvalue weighted by atomic mass is 32.2. The van der Waals surface area contributed by atoms with E-state index in [-0.39, 0.29) is 30.1 Å². The first kappa shape index (κ1) is 18.9. The number of amides is 1. The lowest BCUT2D eigenvalue weighted by Crippen LogP contribution is -2.43. The van der Waals surface area contributed by atoms with Crippen molar-refractivity contribution in [3.05, 3.63) is 34.9 Å². The topological polar surface area (TPSA) is 80.8 Å². The molecule has 6 nitrogen and oxygen atoms in total. The van der Waals surface area contributed by atoms with Crippen molar-refractivity contribution < 1.29 is 22.7 Å². The molecule has 0 N–H and O–H groups in total. The highest BCUT2D eigenvalue weighted by molar-refractivity contribution is 7.91. The molecule has 1 aromatic carbocycles. The van der Waals surface area contributed by atoms with Crippen molar-refractivity contribution >= 4 is 21.7 Å². The van der Waals surface area contributed by atoms with Crippen molar-refractivity contribution in [3.8, 4) is 0 Å². The molecule has 1 aliphatic heterocycles. The van der Waals surface area contributed by atoms with Gasteiger partial charge in [-0.15, -0.1) is 0 Å². The fourth-order valence-electron chi connectivity index (χ4n) is 3.81. The van der Waals surface area contributed by atoms with Crippen molar-refractivity contribution in [2.24, 2.45) is 0 Å². The van der Waals surface area contributed by atoms with Crippen LogP contribution in [0.15, 0.2) is 18.2 Å². The number of fused-ring (bicyclic) bond motifs is 1. The maximum atomic E-state index is 12.4. The molecule has 3 rings (SSSR count). The van der Waals surface area contributed by atoms with Crippen LogP contribution in [0.25, 0.3) is 0 Å². The second kappa shape index (κ2) is 7.78. The maximum Gasteiger partial charge on any atom is 0.338 e. The van der Waals surface area contributed by atoms with Gasteiger partial charge in [-0.2, -0.15) is 0 Å². The summed E-state index contributed by atoms with van der Waals surface area (Å²) in [6, 6.07) is 5.26. The molecule has 2 aliphatic rings. The summed E-state index contributed by atoms with van der Waals surface area (Å²) in [4.78, 5) is 26.2. The Morgan fingerprint density at radius 3 is 2.58 bits per heavy atom. The minimum atomic E-state index is -3.07. The molecule has 26 heavy (non-hydrogen) atoms. The second-order valence-corrected chi connectivity index (χ2v) is 9.23. The average molecular weight is 379 g/mol. The quantitative estimate of drug-likeness (QED) is 0.728. The van der Waals surface area contributed by atoms with E-state index >= 15 is 0 Å². The van der Waals surface area contributed by atoms with Crippen molar-refractivity contribution in [2.75, 3.05) is 24.7 Å². The van der Waals surface area contributed by atoms with Gasteiger partial charge in [-0.3, -0.25) is 4.79 Å². The van der Waals surface area contributed by atoms with Gasteiger partial charge in [0.05, 0.1) is 17.1 Å². The van der Waals surface area contributed by atoms with Crippen LogP contribution in [0.4, 0.5) is 0 Å². The first-order chi connectivity index (χ1) is 12.4. The lowest BCUT2D eigenvalue weighted by Gasteiger charge is -2.26. The number of sulfone groups is 1. The van der Waals surface area contributed by atoms with Crippen molar-refractivity contribution in [1.29, 1.82) is 0 Å². The molecule has 1 amide bonds. The van der Waals surface area contributed by atoms with Crippen LogP contribution in [-0.2, 0) is 32.2 Å². The molecule has 0 bridgehead atoms. The lowest BCUT2D eigenvalue weighted by atomic mass is 9.90. The minimum absolute atomic E-state index is 0.00858. The molecule has 7 heteroatoms. The fraction of sp³-hybridized carbons (Fsp3) is 0.579. The van der Waals surface area contributed by atoms with Gasteiger partial charge in [-0.05, 0) is 62.3 Å². The van der Waals surface area contributed by atoms with E-state index in [9.17, 15) is 18.0 Å². The molecule has 0 aromatic heterocycles. The molecule has 0 unspecified atom stereocenters. The predicted octanol–water partition coefficient (Wildman–Crippen LogP) is 1.76. The average Bonchev–Trinajstić information content (AvgIpc) is 2.99. The van der Waals surface area contributed by atoms with Crippen LogP contribution in [0.5, 0.6) is 0 Å². The summed E-state index contributed by atoms with van der Waals surface area (Å²) in [6.07, 6.45) is 4.75. The Labute approximate surface area is 154 Å². The number of hydrogen-bond acceptors (Lipinski definition) is 5. The summed E-state index contributed by atoms with van der Waals surface area (Å²) in [5.74, 6) is -0.760. The third kappa shape index (κ3) is 4.26. The SMILES string of the molecule is CCN(C(=O)COC(=O)c1ccc2c(c1)CCCC2)[C@H]1CCS(=O)(=O)C1. The normalized spacial score (nSPS) is 21.0. The molecule has 1 saturated heterocycles. The van der Waals surface area contributed by atoms with Gasteiger partial charge in [-0.1, -0.05) is 6.07 Å². The Balaban J connectivity index is 1.59. The molecule has 0 radical (unpaired) electrons. The van der Waals surface area contributed by atoms with E-state index in [4.69, 9.17) is 4.74 Å². The number of rotatable bonds is 5. The monoisotopic (exact) mass is 379 g/mol. The van der Waals surface area contributed by atoms with Crippen molar-refractivity contribution in [3.63, 3.8) is 0 Å². The van der Waals surface area contributed by atoms with E-state index in [2.05, 4.69) is 0 Å². The largest absolute Gasteiger partial charge is 0.452 e. The third-order valence-corrected chi connectivity index (χ3v) is 6.97. The second-order valence-electron chi connectivity index (χ2n) is 7.00. The minimum Gasteiger partial charge on any atom is -0.452 e. The number of carbonyl (C=O) groups is 2. The summed E-state index contributed by atoms with van der Waals surface area (Å²) in [5.41, 5.74) is 2.93. The molecule has 1 aliphatic carbocycles. The molecule has 1 atom stereocenters. The van der Waals surface area contributed by atoms with E-state index in [0.717, 1.165) is 19.3 Å². The van der Waals surface area contributed by atoms with Crippen molar-refractivity contribution in [2.45, 2.75) is 45.1 Å². The number of nitrogens with zero attached hydrogens (tertiary/aromatic N) is 1. The summed E-state index contributed by atoms with van der Waals surface area (Å²) >= 11 is 0. The highest BCUT2D eigenvalue weighted by Gasteiger charge is 2.34. The molecular weight excluding hydrogens is 354 g/mol. The predicted molar refractivity (Wildman–Crippen MR) is 97.8 cm³/mol. The number of hydrogen-bond donors (Lipinski definition) is 0. The summed E-state index contributed by atoms with van der Waals surface area (Å²) < 4.78 is 28.5. The van der Waals surface area contributed by atoms with Gasteiger partial charge in [0.15, 0.2) is 16.4 Å². The fourth-order valence-corrected chi connectivity index (χ4v) is 5.54. The molecule has 1 aromatic rings. The zero-order valence-corrected chi connectivity index (χ0v) is 15.9. The molecule has 0 saturated carbocycles. The highest BCUT2D eigenvalue weighted by Crippen LogP contribution is 2.23. The van der Waals surface area contributed by atoms with Crippen molar-refractivity contribution in [1.82, 2.24) is 4.90 Å². The third-order valence-electron chi connectivity index (χ3n) is 5.22. The van der Waals surface area contributed by atoms with Gasteiger partial charge in [-0.25, -0.2) is 13.2 Å². The Kier molecular flexibility index (Phi) is 5.65. The van der Waals surface area contributed by atoms with Gasteiger partial charge in [0.2, 0.25) is 0 Å². The molecule has 1 fully saturated rings. The molecular formula is C19H25NO5S. The Morgan fingerprint density at radius 1 is 1.19 bits per heavy atom. The zero-order valence-electron chi connectivity index (χ0n) is 15.1. The van der Waals surface area contributed by atoms with E-state index in [1.807, 2.05) is 12.1 Å². The first-order valence-corrected chi connectivity index (χ1v) is 11.0. The van der Waals surface area contributed by atoms with E-state index < -0.39 is 15.8 Å². The number of likely N-dealkylation sites (N-methyl/N-ethyl adjacent to an activating group) is 1. The van der Waals surface area contributed by atoms with Gasteiger partial charge in [0.1, 0.15) is 0 Å². The van der Waals surface area contributed by atoms with E-state index in [0.29, 0.717) is 18.5 Å². The van der Waals surface area contributed by atoms with Crippen LogP contribution in [0.1, 0.15) is 47.7 Å². The number of aryl methyl sites for hydroxylation is 2. The lowest BCUT2D eigenvalue weighted by molar-refractivity contribution is -0.136. The first-order valence-electron chi connectivity index (χ1n) is 9.18. The van der Waals surface area contributed by atoms with Crippen LogP contribution in [-0.4, -0.2) is 55.9 Å². The van der Waals surface area contributed by atoms with E-state index in [1.165, 1.54) is 22.4 Å². The number of benzene rings is 1. The Bertz CT molecular complexity index is 802. The summed E-state index contributed by atoms with van der Waals surface area (Å²) in [6.45, 7) is 1.84. The van der Waals surface area contributed by atoms with Gasteiger partial charge in [0.25, 0.3) is 5.91 Å². The van der Waals surface area contributed by atoms with Gasteiger partial charge < -0.3 is 9.64 Å². The number of carbonyl (C=O) groups excluding carboxylic acids is 2. The Morgan fingerprint density at radius 2 is 1.92 bits per heavy atom. The van der Waals surface area contributed by atoms with Crippen LogP contribution in [0.3, 0.4) is 0 Å². The van der Waals surface area contributed by atoms with Gasteiger partial charge >= 0.3 is 5.97 Å². The molecule has 142 valence electrons. The maximum absolute atomic E-state index is 12.4.